The Balaban J connectivity index is 1.64. The quantitative estimate of drug-likeness (QED) is 0.507. The maximum Gasteiger partial charge on any atom is 0.337 e. The number of ether oxygens (including phenoxy) is 1. The molecule has 3 N–H and O–H groups in total. The Bertz CT molecular complexity index is 1190. The summed E-state index contributed by atoms with van der Waals surface area (Å²) in [4.78, 5) is 36.2. The van der Waals surface area contributed by atoms with Crippen molar-refractivity contribution in [3.63, 3.8) is 0 Å². The number of carboxylic acids is 1. The summed E-state index contributed by atoms with van der Waals surface area (Å²) in [6.07, 6.45) is 0. The van der Waals surface area contributed by atoms with Gasteiger partial charge in [-0.3, -0.25) is 9.59 Å². The second kappa shape index (κ2) is 9.78. The summed E-state index contributed by atoms with van der Waals surface area (Å²) in [6.45, 7) is 5.54. The van der Waals surface area contributed by atoms with Crippen LogP contribution in [0.2, 0.25) is 0 Å². The molecule has 0 radical (unpaired) electrons. The SMILES string of the molecule is Cc1cc(C(=O)Nc2ccccc2C(=O)O)ccc1NC(=O)COc1cccc(C)c1C. The minimum atomic E-state index is -1.13. The molecular weight excluding hydrogens is 408 g/mol. The summed E-state index contributed by atoms with van der Waals surface area (Å²) in [5.41, 5.74) is 3.86. The van der Waals surface area contributed by atoms with Gasteiger partial charge in [-0.25, -0.2) is 4.79 Å². The zero-order valence-corrected chi connectivity index (χ0v) is 18.1. The lowest BCUT2D eigenvalue weighted by Crippen LogP contribution is -2.21. The molecule has 32 heavy (non-hydrogen) atoms. The van der Waals surface area contributed by atoms with Crippen LogP contribution < -0.4 is 15.4 Å². The van der Waals surface area contributed by atoms with Crippen LogP contribution in [0.15, 0.2) is 60.7 Å². The van der Waals surface area contributed by atoms with Crippen molar-refractivity contribution < 1.29 is 24.2 Å². The van der Waals surface area contributed by atoms with E-state index < -0.39 is 11.9 Å². The van der Waals surface area contributed by atoms with Crippen molar-refractivity contribution in [1.29, 1.82) is 0 Å². The van der Waals surface area contributed by atoms with Crippen molar-refractivity contribution in [3.05, 3.63) is 88.5 Å². The summed E-state index contributed by atoms with van der Waals surface area (Å²) < 4.78 is 5.63. The van der Waals surface area contributed by atoms with Gasteiger partial charge in [0.25, 0.3) is 11.8 Å². The number of hydrogen-bond acceptors (Lipinski definition) is 4. The third-order valence-electron chi connectivity index (χ3n) is 5.08. The van der Waals surface area contributed by atoms with E-state index in [0.29, 0.717) is 22.6 Å². The molecule has 0 unspecified atom stereocenters. The second-order valence-electron chi connectivity index (χ2n) is 7.37. The average molecular weight is 432 g/mol. The lowest BCUT2D eigenvalue weighted by Gasteiger charge is -2.13. The van der Waals surface area contributed by atoms with Crippen molar-refractivity contribution in [2.24, 2.45) is 0 Å². The van der Waals surface area contributed by atoms with Crippen LogP contribution >= 0.6 is 0 Å². The molecule has 0 spiro atoms. The van der Waals surface area contributed by atoms with Crippen LogP contribution in [0.25, 0.3) is 0 Å². The molecule has 2 amide bonds. The lowest BCUT2D eigenvalue weighted by molar-refractivity contribution is -0.118. The number of carbonyl (C=O) groups excluding carboxylic acids is 2. The van der Waals surface area contributed by atoms with Crippen LogP contribution in [0.5, 0.6) is 5.75 Å². The van der Waals surface area contributed by atoms with Gasteiger partial charge >= 0.3 is 5.97 Å². The molecular formula is C25H24N2O5. The molecule has 164 valence electrons. The molecule has 0 heterocycles. The predicted octanol–water partition coefficient (Wildman–Crippen LogP) is 4.58. The largest absolute Gasteiger partial charge is 0.483 e. The number of aryl methyl sites for hydroxylation is 2. The van der Waals surface area contributed by atoms with Gasteiger partial charge in [-0.15, -0.1) is 0 Å². The second-order valence-corrected chi connectivity index (χ2v) is 7.37. The molecule has 7 heteroatoms. The highest BCUT2D eigenvalue weighted by molar-refractivity contribution is 6.08. The van der Waals surface area contributed by atoms with Gasteiger partial charge in [-0.1, -0.05) is 24.3 Å². The van der Waals surface area contributed by atoms with Gasteiger partial charge in [0.05, 0.1) is 11.3 Å². The molecule has 0 aliphatic carbocycles. The molecule has 7 nitrogen and oxygen atoms in total. The van der Waals surface area contributed by atoms with Gasteiger partial charge in [0, 0.05) is 11.3 Å². The van der Waals surface area contributed by atoms with E-state index in [0.717, 1.165) is 11.1 Å². The number of anilines is 2. The van der Waals surface area contributed by atoms with Gasteiger partial charge in [-0.2, -0.15) is 0 Å². The smallest absolute Gasteiger partial charge is 0.337 e. The van der Waals surface area contributed by atoms with Gasteiger partial charge < -0.3 is 20.5 Å². The van der Waals surface area contributed by atoms with E-state index in [4.69, 9.17) is 4.74 Å². The van der Waals surface area contributed by atoms with Crippen LogP contribution in [0.3, 0.4) is 0 Å². The molecule has 0 aromatic heterocycles. The maximum atomic E-state index is 12.6. The van der Waals surface area contributed by atoms with E-state index in [1.807, 2.05) is 32.0 Å². The van der Waals surface area contributed by atoms with Gasteiger partial charge in [0.1, 0.15) is 5.75 Å². The minimum Gasteiger partial charge on any atom is -0.483 e. The summed E-state index contributed by atoms with van der Waals surface area (Å²) in [5, 5.41) is 14.7. The Morgan fingerprint density at radius 1 is 0.844 bits per heavy atom. The highest BCUT2D eigenvalue weighted by Crippen LogP contribution is 2.22. The number of hydrogen-bond donors (Lipinski definition) is 3. The fourth-order valence-electron chi connectivity index (χ4n) is 3.13. The number of carbonyl (C=O) groups is 3. The predicted molar refractivity (Wildman–Crippen MR) is 123 cm³/mol. The van der Waals surface area contributed by atoms with Crippen molar-refractivity contribution in [2.75, 3.05) is 17.2 Å². The molecule has 0 aliphatic heterocycles. The monoisotopic (exact) mass is 432 g/mol. The fraction of sp³-hybridized carbons (Fsp3) is 0.160. The molecule has 0 saturated heterocycles. The number of benzene rings is 3. The first-order valence-electron chi connectivity index (χ1n) is 9.99. The minimum absolute atomic E-state index is 0.00491. The average Bonchev–Trinajstić information content (AvgIpc) is 2.76. The third-order valence-corrected chi connectivity index (χ3v) is 5.08. The first-order valence-corrected chi connectivity index (χ1v) is 9.99. The van der Waals surface area contributed by atoms with E-state index in [2.05, 4.69) is 10.6 Å². The number of carboxylic acid groups (broad SMARTS) is 1. The van der Waals surface area contributed by atoms with E-state index in [9.17, 15) is 19.5 Å². The Morgan fingerprint density at radius 2 is 1.59 bits per heavy atom. The summed E-state index contributed by atoms with van der Waals surface area (Å²) in [6, 6.07) is 16.7. The first-order chi connectivity index (χ1) is 15.3. The van der Waals surface area contributed by atoms with E-state index in [-0.39, 0.29) is 23.8 Å². The Hall–Kier alpha value is -4.13. The molecule has 0 atom stereocenters. The standard InChI is InChI=1S/C25H24N2O5/c1-15-7-6-10-22(17(15)3)32-14-23(28)26-20-12-11-18(13-16(20)2)24(29)27-21-9-5-4-8-19(21)25(30)31/h4-13H,14H2,1-3H3,(H,26,28)(H,27,29)(H,30,31). The van der Waals surface area contributed by atoms with Crippen LogP contribution in [0, 0.1) is 20.8 Å². The summed E-state index contributed by atoms with van der Waals surface area (Å²) in [5.74, 6) is -1.23. The normalized spacial score (nSPS) is 10.3. The van der Waals surface area contributed by atoms with Crippen molar-refractivity contribution >= 4 is 29.2 Å². The van der Waals surface area contributed by atoms with Crippen molar-refractivity contribution in [2.45, 2.75) is 20.8 Å². The summed E-state index contributed by atoms with van der Waals surface area (Å²) >= 11 is 0. The van der Waals surface area contributed by atoms with Crippen molar-refractivity contribution in [1.82, 2.24) is 0 Å². The molecule has 0 aliphatic rings. The number of aromatic carboxylic acids is 1. The molecule has 0 bridgehead atoms. The molecule has 0 saturated carbocycles. The molecule has 3 aromatic carbocycles. The molecule has 3 rings (SSSR count). The Morgan fingerprint density at radius 3 is 2.31 bits per heavy atom. The third kappa shape index (κ3) is 5.31. The number of amides is 2. The Labute approximate surface area is 186 Å². The number of para-hydroxylation sites is 1. The topological polar surface area (TPSA) is 105 Å². The van der Waals surface area contributed by atoms with Gasteiger partial charge in [0.2, 0.25) is 0 Å². The van der Waals surface area contributed by atoms with E-state index >= 15 is 0 Å². The summed E-state index contributed by atoms with van der Waals surface area (Å²) in [7, 11) is 0. The number of nitrogens with one attached hydrogen (secondary N) is 2. The zero-order chi connectivity index (χ0) is 23.3. The highest BCUT2D eigenvalue weighted by Gasteiger charge is 2.14. The van der Waals surface area contributed by atoms with E-state index in [1.165, 1.54) is 12.1 Å². The lowest BCUT2D eigenvalue weighted by atomic mass is 10.1. The Kier molecular flexibility index (Phi) is 6.90. The fourth-order valence-corrected chi connectivity index (χ4v) is 3.13. The van der Waals surface area contributed by atoms with Crippen molar-refractivity contribution in [3.8, 4) is 5.75 Å². The van der Waals surface area contributed by atoms with Crippen LogP contribution in [-0.4, -0.2) is 29.5 Å². The maximum absolute atomic E-state index is 12.6. The van der Waals surface area contributed by atoms with Crippen LogP contribution in [0.4, 0.5) is 11.4 Å². The van der Waals surface area contributed by atoms with Crippen LogP contribution in [0.1, 0.15) is 37.4 Å². The highest BCUT2D eigenvalue weighted by atomic mass is 16.5. The van der Waals surface area contributed by atoms with Gasteiger partial charge in [0.15, 0.2) is 6.61 Å². The first kappa shape index (κ1) is 22.6. The number of rotatable bonds is 7. The molecule has 3 aromatic rings. The van der Waals surface area contributed by atoms with E-state index in [1.54, 1.807) is 37.3 Å². The zero-order valence-electron chi connectivity index (χ0n) is 18.1. The van der Waals surface area contributed by atoms with Crippen LogP contribution in [-0.2, 0) is 4.79 Å². The molecule has 0 fully saturated rings. The van der Waals surface area contributed by atoms with Gasteiger partial charge in [-0.05, 0) is 73.9 Å².